The Morgan fingerprint density at radius 1 is 1.43 bits per heavy atom. The van der Waals surface area contributed by atoms with Crippen LogP contribution in [0.4, 0.5) is 0 Å². The quantitative estimate of drug-likeness (QED) is 0.915. The van der Waals surface area contributed by atoms with Crippen LogP contribution in [0.1, 0.15) is 33.8 Å². The number of aromatic nitrogens is 1. The molecule has 1 aliphatic rings. The molecule has 5 nitrogen and oxygen atoms in total. The number of rotatable bonds is 2. The average molecular weight is 281 g/mol. The zero-order chi connectivity index (χ0) is 14.9. The van der Waals surface area contributed by atoms with Crippen molar-refractivity contribution in [1.29, 1.82) is 5.26 Å². The third-order valence-electron chi connectivity index (χ3n) is 3.85. The molecule has 0 aliphatic heterocycles. The third kappa shape index (κ3) is 2.52. The second-order valence-corrected chi connectivity index (χ2v) is 5.43. The monoisotopic (exact) mass is 281 g/mol. The molecule has 2 aromatic rings. The summed E-state index contributed by atoms with van der Waals surface area (Å²) in [7, 11) is 0. The van der Waals surface area contributed by atoms with Gasteiger partial charge in [0.05, 0.1) is 11.8 Å². The molecule has 106 valence electrons. The van der Waals surface area contributed by atoms with Crippen molar-refractivity contribution in [3.05, 3.63) is 52.9 Å². The zero-order valence-corrected chi connectivity index (χ0v) is 11.7. The Morgan fingerprint density at radius 3 is 2.86 bits per heavy atom. The van der Waals surface area contributed by atoms with Crippen LogP contribution in [0.15, 0.2) is 34.9 Å². The van der Waals surface area contributed by atoms with Gasteiger partial charge in [-0.1, -0.05) is 29.4 Å². The number of benzene rings is 1. The predicted molar refractivity (Wildman–Crippen MR) is 75.5 cm³/mol. The number of carbonyl (C=O) groups is 1. The highest BCUT2D eigenvalue weighted by molar-refractivity contribution is 5.92. The molecule has 5 heteroatoms. The Bertz CT molecular complexity index is 729. The average Bonchev–Trinajstić information content (AvgIpc) is 2.94. The van der Waals surface area contributed by atoms with Crippen molar-refractivity contribution in [2.45, 2.75) is 31.7 Å². The predicted octanol–water partition coefficient (Wildman–Crippen LogP) is 2.16. The molecule has 1 aromatic carbocycles. The first-order valence-corrected chi connectivity index (χ1v) is 6.86. The molecule has 1 heterocycles. The number of nitrogens with one attached hydrogen (secondary N) is 1. The SMILES string of the molecule is Cc1cc(C(=O)NC2(C#N)CCc3ccccc3C2)on1. The van der Waals surface area contributed by atoms with Gasteiger partial charge in [0.2, 0.25) is 5.76 Å². The number of fused-ring (bicyclic) bond motifs is 1. The summed E-state index contributed by atoms with van der Waals surface area (Å²) >= 11 is 0. The maximum absolute atomic E-state index is 12.2. The second-order valence-electron chi connectivity index (χ2n) is 5.43. The molecule has 0 saturated carbocycles. The van der Waals surface area contributed by atoms with E-state index in [1.807, 2.05) is 18.2 Å². The highest BCUT2D eigenvalue weighted by Crippen LogP contribution is 2.28. The molecule has 21 heavy (non-hydrogen) atoms. The Morgan fingerprint density at radius 2 is 2.19 bits per heavy atom. The van der Waals surface area contributed by atoms with Crippen LogP contribution in [0, 0.1) is 18.3 Å². The summed E-state index contributed by atoms with van der Waals surface area (Å²) < 4.78 is 4.96. The first-order valence-electron chi connectivity index (χ1n) is 6.86. The molecule has 0 saturated heterocycles. The van der Waals surface area contributed by atoms with Crippen LogP contribution >= 0.6 is 0 Å². The molecule has 0 fully saturated rings. The van der Waals surface area contributed by atoms with Crippen molar-refractivity contribution in [2.75, 3.05) is 0 Å². The lowest BCUT2D eigenvalue weighted by Gasteiger charge is -2.32. The molecule has 0 bridgehead atoms. The first-order chi connectivity index (χ1) is 10.1. The molecule has 0 radical (unpaired) electrons. The molecule has 1 unspecified atom stereocenters. The van der Waals surface area contributed by atoms with Crippen LogP contribution in [0.25, 0.3) is 0 Å². The van der Waals surface area contributed by atoms with Gasteiger partial charge in [0, 0.05) is 12.5 Å². The summed E-state index contributed by atoms with van der Waals surface area (Å²) in [6.07, 6.45) is 1.89. The van der Waals surface area contributed by atoms with E-state index in [1.54, 1.807) is 13.0 Å². The van der Waals surface area contributed by atoms with Crippen LogP contribution in [0.2, 0.25) is 0 Å². The highest BCUT2D eigenvalue weighted by atomic mass is 16.5. The molecular formula is C16H15N3O2. The molecule has 1 atom stereocenters. The van der Waals surface area contributed by atoms with Crippen molar-refractivity contribution < 1.29 is 9.32 Å². The van der Waals surface area contributed by atoms with E-state index in [9.17, 15) is 10.1 Å². The third-order valence-corrected chi connectivity index (χ3v) is 3.85. The number of nitriles is 1. The van der Waals surface area contributed by atoms with Crippen LogP contribution in [0.3, 0.4) is 0 Å². The zero-order valence-electron chi connectivity index (χ0n) is 11.7. The van der Waals surface area contributed by atoms with E-state index < -0.39 is 11.4 Å². The molecule has 0 spiro atoms. The number of aryl methyl sites for hydroxylation is 2. The molecule has 1 aliphatic carbocycles. The fourth-order valence-corrected chi connectivity index (χ4v) is 2.72. The van der Waals surface area contributed by atoms with E-state index in [4.69, 9.17) is 4.52 Å². The minimum absolute atomic E-state index is 0.140. The van der Waals surface area contributed by atoms with E-state index >= 15 is 0 Å². The number of hydrogen-bond donors (Lipinski definition) is 1. The summed E-state index contributed by atoms with van der Waals surface area (Å²) in [5.41, 5.74) is 2.11. The van der Waals surface area contributed by atoms with E-state index in [0.29, 0.717) is 18.5 Å². The van der Waals surface area contributed by atoms with Crippen molar-refractivity contribution in [1.82, 2.24) is 10.5 Å². The minimum atomic E-state index is -0.883. The van der Waals surface area contributed by atoms with Crippen molar-refractivity contribution in [2.24, 2.45) is 0 Å². The van der Waals surface area contributed by atoms with Gasteiger partial charge in [-0.3, -0.25) is 4.79 Å². The van der Waals surface area contributed by atoms with Gasteiger partial charge in [-0.05, 0) is 30.9 Å². The molecule has 3 rings (SSSR count). The van der Waals surface area contributed by atoms with Gasteiger partial charge in [0.25, 0.3) is 5.91 Å². The van der Waals surface area contributed by atoms with Gasteiger partial charge in [-0.2, -0.15) is 5.26 Å². The normalized spacial score (nSPS) is 20.4. The standard InChI is InChI=1S/C16H15N3O2/c1-11-8-14(21-19-11)15(20)18-16(10-17)7-6-12-4-2-3-5-13(12)9-16/h2-5,8H,6-7,9H2,1H3,(H,18,20). The number of hydrogen-bond acceptors (Lipinski definition) is 4. The lowest BCUT2D eigenvalue weighted by atomic mass is 9.79. The van der Waals surface area contributed by atoms with Gasteiger partial charge < -0.3 is 9.84 Å². The maximum Gasteiger partial charge on any atom is 0.291 e. The van der Waals surface area contributed by atoms with Crippen molar-refractivity contribution in [3.8, 4) is 6.07 Å². The summed E-state index contributed by atoms with van der Waals surface area (Å²) in [4.78, 5) is 12.2. The lowest BCUT2D eigenvalue weighted by molar-refractivity contribution is 0.0875. The smallest absolute Gasteiger partial charge is 0.291 e. The van der Waals surface area contributed by atoms with Gasteiger partial charge in [0.15, 0.2) is 0 Å². The Kier molecular flexibility index (Phi) is 3.22. The first kappa shape index (κ1) is 13.4. The van der Waals surface area contributed by atoms with Crippen molar-refractivity contribution >= 4 is 5.91 Å². The Hall–Kier alpha value is -2.61. The molecule has 1 amide bonds. The Balaban J connectivity index is 1.83. The molecule has 1 N–H and O–H groups in total. The maximum atomic E-state index is 12.2. The lowest BCUT2D eigenvalue weighted by Crippen LogP contribution is -2.51. The molecular weight excluding hydrogens is 266 g/mol. The van der Waals surface area contributed by atoms with Crippen molar-refractivity contribution in [3.63, 3.8) is 0 Å². The summed E-state index contributed by atoms with van der Waals surface area (Å²) in [6, 6.07) is 11.9. The van der Waals surface area contributed by atoms with Crippen LogP contribution in [0.5, 0.6) is 0 Å². The van der Waals surface area contributed by atoms with Crippen LogP contribution in [-0.4, -0.2) is 16.6 Å². The minimum Gasteiger partial charge on any atom is -0.351 e. The summed E-state index contributed by atoms with van der Waals surface area (Å²) in [5.74, 6) is -0.252. The fraction of sp³-hybridized carbons (Fsp3) is 0.312. The van der Waals surface area contributed by atoms with E-state index in [-0.39, 0.29) is 5.76 Å². The van der Waals surface area contributed by atoms with Crippen LogP contribution < -0.4 is 5.32 Å². The van der Waals surface area contributed by atoms with E-state index in [2.05, 4.69) is 22.6 Å². The number of carbonyl (C=O) groups excluding carboxylic acids is 1. The second kappa shape index (κ2) is 5.06. The van der Waals surface area contributed by atoms with Gasteiger partial charge >= 0.3 is 0 Å². The molecule has 1 aromatic heterocycles. The van der Waals surface area contributed by atoms with Crippen LogP contribution in [-0.2, 0) is 12.8 Å². The number of amides is 1. The number of nitrogens with zero attached hydrogens (tertiary/aromatic N) is 2. The van der Waals surface area contributed by atoms with Gasteiger partial charge in [0.1, 0.15) is 5.54 Å². The van der Waals surface area contributed by atoms with E-state index in [1.165, 1.54) is 5.56 Å². The summed E-state index contributed by atoms with van der Waals surface area (Å²) in [5, 5.41) is 16.1. The largest absolute Gasteiger partial charge is 0.351 e. The highest BCUT2D eigenvalue weighted by Gasteiger charge is 2.36. The van der Waals surface area contributed by atoms with E-state index in [0.717, 1.165) is 12.0 Å². The Labute approximate surface area is 122 Å². The van der Waals surface area contributed by atoms with Gasteiger partial charge in [-0.25, -0.2) is 0 Å². The topological polar surface area (TPSA) is 78.9 Å². The fourth-order valence-electron chi connectivity index (χ4n) is 2.72. The van der Waals surface area contributed by atoms with Gasteiger partial charge in [-0.15, -0.1) is 0 Å². The summed E-state index contributed by atoms with van der Waals surface area (Å²) in [6.45, 7) is 1.75.